The van der Waals surface area contributed by atoms with Gasteiger partial charge in [0.1, 0.15) is 12.2 Å². The van der Waals surface area contributed by atoms with Crippen LogP contribution >= 0.6 is 23.1 Å². The molecule has 0 radical (unpaired) electrons. The van der Waals surface area contributed by atoms with Gasteiger partial charge in [-0.05, 0) is 23.1 Å². The predicted molar refractivity (Wildman–Crippen MR) is 118 cm³/mol. The maximum Gasteiger partial charge on any atom is 0.278 e. The molecule has 1 amide bonds. The second-order valence-electron chi connectivity index (χ2n) is 7.93. The van der Waals surface area contributed by atoms with Crippen LogP contribution in [0, 0.1) is 11.6 Å². The lowest BCUT2D eigenvalue weighted by molar-refractivity contribution is -0.0196. The predicted octanol–water partition coefficient (Wildman–Crippen LogP) is 3.04. The van der Waals surface area contributed by atoms with Crippen molar-refractivity contribution in [1.29, 1.82) is 0 Å². The van der Waals surface area contributed by atoms with Crippen LogP contribution in [0.4, 0.5) is 8.78 Å². The Morgan fingerprint density at radius 3 is 2.85 bits per heavy atom. The van der Waals surface area contributed by atoms with Crippen molar-refractivity contribution in [2.75, 3.05) is 24.8 Å². The maximum atomic E-state index is 15.0. The van der Waals surface area contributed by atoms with Crippen molar-refractivity contribution < 1.29 is 23.4 Å². The summed E-state index contributed by atoms with van der Waals surface area (Å²) in [5.41, 5.74) is -0.00481. The van der Waals surface area contributed by atoms with Crippen molar-refractivity contribution in [1.82, 2.24) is 9.58 Å². The molecule has 1 N–H and O–H groups in total. The fourth-order valence-electron chi connectivity index (χ4n) is 4.72. The summed E-state index contributed by atoms with van der Waals surface area (Å²) in [6, 6.07) is 5.19. The standard InChI is InChI=1S/C22H17F2N3O4S2/c23-13-2-1-11-12(17(13)24)10-33-15-4-8-32-21(15)18(11)27-16-9-31-7-6-25(16)22(30)19-20(29)14(28)3-5-26(19)27/h1-5,8,16,18,29H,6-7,9-10H2/t16-,18+/m1/s1. The number of thiophene rings is 1. The summed E-state index contributed by atoms with van der Waals surface area (Å²) in [5.74, 6) is -2.68. The summed E-state index contributed by atoms with van der Waals surface area (Å²) >= 11 is 2.90. The molecular formula is C22H17F2N3O4S2. The Kier molecular flexibility index (Phi) is 4.75. The highest BCUT2D eigenvalue weighted by Gasteiger charge is 2.46. The van der Waals surface area contributed by atoms with Gasteiger partial charge in [0, 0.05) is 39.9 Å². The molecule has 2 aromatic heterocycles. The van der Waals surface area contributed by atoms with Crippen LogP contribution in [0.15, 0.2) is 45.5 Å². The molecule has 6 rings (SSSR count). The first-order valence-electron chi connectivity index (χ1n) is 10.3. The van der Waals surface area contributed by atoms with Crippen molar-refractivity contribution in [2.24, 2.45) is 0 Å². The van der Waals surface area contributed by atoms with Gasteiger partial charge < -0.3 is 14.7 Å². The van der Waals surface area contributed by atoms with Gasteiger partial charge in [0.15, 0.2) is 23.1 Å². The normalized spacial score (nSPS) is 21.7. The van der Waals surface area contributed by atoms with Crippen LogP contribution in [0.1, 0.15) is 32.5 Å². The molecule has 1 fully saturated rings. The molecule has 0 unspecified atom stereocenters. The Hall–Kier alpha value is -2.89. The number of nitrogens with zero attached hydrogens (tertiary/aromatic N) is 3. The number of morpholine rings is 1. The fourth-order valence-corrected chi connectivity index (χ4v) is 7.04. The van der Waals surface area contributed by atoms with Crippen molar-refractivity contribution in [3.05, 3.63) is 79.4 Å². The van der Waals surface area contributed by atoms with E-state index in [4.69, 9.17) is 4.74 Å². The van der Waals surface area contributed by atoms with Gasteiger partial charge >= 0.3 is 0 Å². The molecular weight excluding hydrogens is 472 g/mol. The number of amides is 1. The van der Waals surface area contributed by atoms with E-state index in [0.29, 0.717) is 12.2 Å². The zero-order chi connectivity index (χ0) is 22.9. The van der Waals surface area contributed by atoms with Crippen LogP contribution in [0.5, 0.6) is 5.75 Å². The second kappa shape index (κ2) is 7.57. The lowest BCUT2D eigenvalue weighted by Crippen LogP contribution is -2.66. The summed E-state index contributed by atoms with van der Waals surface area (Å²) in [7, 11) is 0. The molecule has 0 aliphatic carbocycles. The molecule has 0 bridgehead atoms. The van der Waals surface area contributed by atoms with Gasteiger partial charge in [-0.15, -0.1) is 23.1 Å². The number of carbonyl (C=O) groups is 1. The first-order valence-corrected chi connectivity index (χ1v) is 12.1. The number of hydrogen-bond donors (Lipinski definition) is 1. The molecule has 5 heterocycles. The topological polar surface area (TPSA) is 75.0 Å². The van der Waals surface area contributed by atoms with E-state index < -0.39 is 40.9 Å². The van der Waals surface area contributed by atoms with Gasteiger partial charge in [0.25, 0.3) is 5.91 Å². The van der Waals surface area contributed by atoms with Gasteiger partial charge in [-0.3, -0.25) is 19.3 Å². The number of carbonyl (C=O) groups excluding carboxylic acids is 1. The van der Waals surface area contributed by atoms with Crippen LogP contribution in [-0.2, 0) is 10.5 Å². The van der Waals surface area contributed by atoms with Gasteiger partial charge in [-0.1, -0.05) is 6.07 Å². The molecule has 170 valence electrons. The number of rotatable bonds is 1. The fraction of sp³-hybridized carbons (Fsp3) is 0.273. The largest absolute Gasteiger partial charge is 0.502 e. The minimum Gasteiger partial charge on any atom is -0.502 e. The smallest absolute Gasteiger partial charge is 0.278 e. The lowest BCUT2D eigenvalue weighted by Gasteiger charge is -2.51. The van der Waals surface area contributed by atoms with Crippen LogP contribution < -0.4 is 10.4 Å². The molecule has 1 saturated heterocycles. The van der Waals surface area contributed by atoms with E-state index in [-0.39, 0.29) is 30.2 Å². The number of benzene rings is 1. The van der Waals surface area contributed by atoms with Gasteiger partial charge in [0.05, 0.1) is 13.2 Å². The number of fused-ring (bicyclic) bond motifs is 4. The zero-order valence-corrected chi connectivity index (χ0v) is 18.7. The van der Waals surface area contributed by atoms with Crippen LogP contribution in [0.3, 0.4) is 0 Å². The lowest BCUT2D eigenvalue weighted by atomic mass is 9.97. The van der Waals surface area contributed by atoms with E-state index in [1.807, 2.05) is 16.5 Å². The van der Waals surface area contributed by atoms with E-state index >= 15 is 0 Å². The maximum absolute atomic E-state index is 15.0. The Morgan fingerprint density at radius 1 is 1.15 bits per heavy atom. The first kappa shape index (κ1) is 20.7. The third-order valence-electron chi connectivity index (χ3n) is 6.24. The van der Waals surface area contributed by atoms with E-state index in [2.05, 4.69) is 0 Å². The average Bonchev–Trinajstić information content (AvgIpc) is 3.22. The van der Waals surface area contributed by atoms with E-state index in [9.17, 15) is 23.5 Å². The van der Waals surface area contributed by atoms with Crippen molar-refractivity contribution in [3.63, 3.8) is 0 Å². The Balaban J connectivity index is 1.66. The molecule has 7 nitrogen and oxygen atoms in total. The van der Waals surface area contributed by atoms with Gasteiger partial charge in [0.2, 0.25) is 5.43 Å². The molecule has 0 saturated carbocycles. The number of ether oxygens (including phenoxy) is 1. The Labute approximate surface area is 194 Å². The molecule has 1 aromatic carbocycles. The van der Waals surface area contributed by atoms with Crippen LogP contribution in [-0.4, -0.2) is 46.5 Å². The molecule has 2 atom stereocenters. The zero-order valence-electron chi connectivity index (χ0n) is 17.0. The van der Waals surface area contributed by atoms with Gasteiger partial charge in [-0.25, -0.2) is 8.78 Å². The quantitative estimate of drug-likeness (QED) is 0.567. The SMILES string of the molecule is O=C1c2c(O)c(=O)ccn2N([C@H]2c3ccc(F)c(F)c3CSc3ccsc32)[C@@H]2COCCN12. The second-order valence-corrected chi connectivity index (χ2v) is 9.89. The third kappa shape index (κ3) is 2.95. The molecule has 3 aliphatic heterocycles. The highest BCUT2D eigenvalue weighted by molar-refractivity contribution is 7.98. The number of pyridine rings is 1. The third-order valence-corrected chi connectivity index (χ3v) is 8.44. The summed E-state index contributed by atoms with van der Waals surface area (Å²) in [5, 5.41) is 14.3. The first-order chi connectivity index (χ1) is 16.0. The van der Waals surface area contributed by atoms with Crippen molar-refractivity contribution in [2.45, 2.75) is 22.9 Å². The molecule has 0 spiro atoms. The summed E-state index contributed by atoms with van der Waals surface area (Å²) < 4.78 is 36.3. The average molecular weight is 490 g/mol. The van der Waals surface area contributed by atoms with E-state index in [1.54, 1.807) is 11.0 Å². The molecule has 33 heavy (non-hydrogen) atoms. The highest BCUT2D eigenvalue weighted by Crippen LogP contribution is 2.47. The minimum absolute atomic E-state index is 0.153. The molecule has 3 aromatic rings. The summed E-state index contributed by atoms with van der Waals surface area (Å²) in [4.78, 5) is 28.9. The molecule has 3 aliphatic rings. The summed E-state index contributed by atoms with van der Waals surface area (Å²) in [6.07, 6.45) is 0.858. The van der Waals surface area contributed by atoms with E-state index in [0.717, 1.165) is 15.8 Å². The van der Waals surface area contributed by atoms with Gasteiger partial charge in [-0.2, -0.15) is 0 Å². The monoisotopic (exact) mass is 489 g/mol. The van der Waals surface area contributed by atoms with Crippen LogP contribution in [0.25, 0.3) is 0 Å². The van der Waals surface area contributed by atoms with Crippen LogP contribution in [0.2, 0.25) is 0 Å². The number of aromatic hydroxyl groups is 1. The summed E-state index contributed by atoms with van der Waals surface area (Å²) in [6.45, 7) is 0.766. The Bertz CT molecular complexity index is 1360. The van der Waals surface area contributed by atoms with Crippen molar-refractivity contribution in [3.8, 4) is 5.75 Å². The number of aromatic nitrogens is 1. The number of thioether (sulfide) groups is 1. The number of halogens is 2. The molecule has 11 heteroatoms. The van der Waals surface area contributed by atoms with E-state index in [1.165, 1.54) is 40.0 Å². The number of hydrogen-bond acceptors (Lipinski definition) is 7. The minimum atomic E-state index is -0.920. The van der Waals surface area contributed by atoms with Crippen molar-refractivity contribution >= 4 is 29.0 Å². The highest BCUT2D eigenvalue weighted by atomic mass is 32.2. The Morgan fingerprint density at radius 2 is 2.00 bits per heavy atom.